The van der Waals surface area contributed by atoms with E-state index in [0.29, 0.717) is 23.7 Å². The highest BCUT2D eigenvalue weighted by Crippen LogP contribution is 2.34. The van der Waals surface area contributed by atoms with Gasteiger partial charge in [-0.05, 0) is 36.8 Å². The molecule has 1 aromatic carbocycles. The highest BCUT2D eigenvalue weighted by atomic mass is 16.5. The highest BCUT2D eigenvalue weighted by Gasteiger charge is 2.36. The van der Waals surface area contributed by atoms with E-state index in [2.05, 4.69) is 10.3 Å². The molecule has 1 atom stereocenters. The Morgan fingerprint density at radius 1 is 1.38 bits per heavy atom. The average molecular weight is 325 g/mol. The van der Waals surface area contributed by atoms with Gasteiger partial charge >= 0.3 is 0 Å². The number of anilines is 2. The Bertz CT molecular complexity index is 761. The van der Waals surface area contributed by atoms with Crippen LogP contribution in [0.5, 0.6) is 5.75 Å². The van der Waals surface area contributed by atoms with Crippen LogP contribution in [0.1, 0.15) is 12.0 Å². The van der Waals surface area contributed by atoms with Crippen LogP contribution in [0.25, 0.3) is 0 Å². The van der Waals surface area contributed by atoms with Gasteiger partial charge in [-0.1, -0.05) is 6.07 Å². The van der Waals surface area contributed by atoms with Crippen LogP contribution in [0, 0.1) is 12.8 Å². The molecule has 0 saturated carbocycles. The fourth-order valence-corrected chi connectivity index (χ4v) is 2.81. The third-order valence-electron chi connectivity index (χ3n) is 4.05. The van der Waals surface area contributed by atoms with E-state index in [1.807, 2.05) is 25.1 Å². The number of benzene rings is 1. The predicted octanol–water partition coefficient (Wildman–Crippen LogP) is 2.39. The second kappa shape index (κ2) is 6.70. The van der Waals surface area contributed by atoms with Gasteiger partial charge in [-0.25, -0.2) is 0 Å². The van der Waals surface area contributed by atoms with Crippen LogP contribution >= 0.6 is 0 Å². The molecule has 1 N–H and O–H groups in total. The molecule has 1 aromatic heterocycles. The van der Waals surface area contributed by atoms with E-state index >= 15 is 0 Å². The van der Waals surface area contributed by atoms with Gasteiger partial charge in [0.25, 0.3) is 0 Å². The van der Waals surface area contributed by atoms with Crippen molar-refractivity contribution in [2.45, 2.75) is 13.3 Å². The summed E-state index contributed by atoms with van der Waals surface area (Å²) in [4.78, 5) is 30.4. The average Bonchev–Trinajstić information content (AvgIpc) is 2.97. The summed E-state index contributed by atoms with van der Waals surface area (Å²) in [6.45, 7) is 2.29. The largest absolute Gasteiger partial charge is 0.495 e. The summed E-state index contributed by atoms with van der Waals surface area (Å²) in [5.41, 5.74) is 2.36. The van der Waals surface area contributed by atoms with Crippen LogP contribution in [0.4, 0.5) is 11.4 Å². The summed E-state index contributed by atoms with van der Waals surface area (Å²) < 4.78 is 5.35. The molecule has 0 radical (unpaired) electrons. The van der Waals surface area contributed by atoms with Gasteiger partial charge in [-0.15, -0.1) is 0 Å². The number of nitrogens with zero attached hydrogens (tertiary/aromatic N) is 2. The first kappa shape index (κ1) is 16.0. The number of aryl methyl sites for hydroxylation is 1. The SMILES string of the molecule is COc1ccc(C)cc1N1C[C@@H](C(=O)Nc2cccnc2)CC1=O. The van der Waals surface area contributed by atoms with Crippen LogP contribution in [0.3, 0.4) is 0 Å². The molecule has 0 spiro atoms. The topological polar surface area (TPSA) is 71.5 Å². The number of carbonyl (C=O) groups is 2. The second-order valence-electron chi connectivity index (χ2n) is 5.81. The van der Waals surface area contributed by atoms with Crippen LogP contribution < -0.4 is 15.0 Å². The summed E-state index contributed by atoms with van der Waals surface area (Å²) in [7, 11) is 1.57. The first-order valence-corrected chi connectivity index (χ1v) is 7.74. The Labute approximate surface area is 140 Å². The number of aromatic nitrogens is 1. The zero-order valence-electron chi connectivity index (χ0n) is 13.7. The smallest absolute Gasteiger partial charge is 0.229 e. The number of methoxy groups -OCH3 is 1. The van der Waals surface area contributed by atoms with E-state index in [-0.39, 0.29) is 18.2 Å². The monoisotopic (exact) mass is 325 g/mol. The maximum atomic E-state index is 12.4. The van der Waals surface area contributed by atoms with Crippen LogP contribution in [-0.2, 0) is 9.59 Å². The summed E-state index contributed by atoms with van der Waals surface area (Å²) >= 11 is 0. The number of carbonyl (C=O) groups excluding carboxylic acids is 2. The molecular weight excluding hydrogens is 306 g/mol. The first-order valence-electron chi connectivity index (χ1n) is 7.74. The molecule has 1 fully saturated rings. The van der Waals surface area contributed by atoms with Crippen molar-refractivity contribution >= 4 is 23.2 Å². The van der Waals surface area contributed by atoms with Gasteiger partial charge in [-0.3, -0.25) is 14.6 Å². The third-order valence-corrected chi connectivity index (χ3v) is 4.05. The van der Waals surface area contributed by atoms with Gasteiger partial charge in [0, 0.05) is 19.2 Å². The molecule has 1 aliphatic heterocycles. The van der Waals surface area contributed by atoms with Crippen LogP contribution in [0.2, 0.25) is 0 Å². The van der Waals surface area contributed by atoms with E-state index in [1.165, 1.54) is 0 Å². The minimum absolute atomic E-state index is 0.0785. The summed E-state index contributed by atoms with van der Waals surface area (Å²) in [6.07, 6.45) is 3.40. The molecule has 3 rings (SSSR count). The zero-order valence-corrected chi connectivity index (χ0v) is 13.7. The Kier molecular flexibility index (Phi) is 4.46. The predicted molar refractivity (Wildman–Crippen MR) is 91.1 cm³/mol. The van der Waals surface area contributed by atoms with Crippen molar-refractivity contribution in [3.63, 3.8) is 0 Å². The lowest BCUT2D eigenvalue weighted by atomic mass is 10.1. The summed E-state index contributed by atoms with van der Waals surface area (Å²) in [6, 6.07) is 9.18. The summed E-state index contributed by atoms with van der Waals surface area (Å²) in [5, 5.41) is 2.80. The molecule has 2 aromatic rings. The van der Waals surface area contributed by atoms with Crippen LogP contribution in [-0.4, -0.2) is 30.5 Å². The Hall–Kier alpha value is -2.89. The first-order chi connectivity index (χ1) is 11.6. The molecule has 1 saturated heterocycles. The lowest BCUT2D eigenvalue weighted by Gasteiger charge is -2.20. The minimum atomic E-state index is -0.400. The molecule has 1 aliphatic rings. The van der Waals surface area contributed by atoms with Gasteiger partial charge in [0.2, 0.25) is 11.8 Å². The van der Waals surface area contributed by atoms with E-state index in [9.17, 15) is 9.59 Å². The quantitative estimate of drug-likeness (QED) is 0.937. The van der Waals surface area contributed by atoms with Gasteiger partial charge in [0.1, 0.15) is 5.75 Å². The maximum Gasteiger partial charge on any atom is 0.229 e. The number of rotatable bonds is 4. The Morgan fingerprint density at radius 2 is 2.21 bits per heavy atom. The molecule has 124 valence electrons. The van der Waals surface area contributed by atoms with E-state index in [0.717, 1.165) is 5.56 Å². The third kappa shape index (κ3) is 3.22. The molecule has 2 heterocycles. The molecule has 2 amide bonds. The molecule has 6 nitrogen and oxygen atoms in total. The van der Waals surface area contributed by atoms with Crippen molar-refractivity contribution in [1.82, 2.24) is 4.98 Å². The second-order valence-corrected chi connectivity index (χ2v) is 5.81. The standard InChI is InChI=1S/C18H19N3O3/c1-12-5-6-16(24-2)15(8-12)21-11-13(9-17(21)22)18(23)20-14-4-3-7-19-10-14/h3-8,10,13H,9,11H2,1-2H3,(H,20,23)/t13-/m0/s1. The van der Waals surface area contributed by atoms with E-state index < -0.39 is 5.92 Å². The van der Waals surface area contributed by atoms with E-state index in [4.69, 9.17) is 4.74 Å². The van der Waals surface area contributed by atoms with Crippen LogP contribution in [0.15, 0.2) is 42.7 Å². The molecule has 24 heavy (non-hydrogen) atoms. The number of nitrogens with one attached hydrogen (secondary N) is 1. The molecule has 0 unspecified atom stereocenters. The lowest BCUT2D eigenvalue weighted by molar-refractivity contribution is -0.122. The van der Waals surface area contributed by atoms with Gasteiger partial charge < -0.3 is 15.0 Å². The van der Waals surface area contributed by atoms with Crippen molar-refractivity contribution < 1.29 is 14.3 Å². The van der Waals surface area contributed by atoms with Gasteiger partial charge in [-0.2, -0.15) is 0 Å². The number of hydrogen-bond acceptors (Lipinski definition) is 4. The fraction of sp³-hybridized carbons (Fsp3) is 0.278. The number of ether oxygens (including phenoxy) is 1. The minimum Gasteiger partial charge on any atom is -0.495 e. The van der Waals surface area contributed by atoms with Crippen molar-refractivity contribution in [2.24, 2.45) is 5.92 Å². The summed E-state index contributed by atoms with van der Waals surface area (Å²) in [5.74, 6) is -0.0269. The molecular formula is C18H19N3O3. The van der Waals surface area contributed by atoms with Crippen molar-refractivity contribution in [3.05, 3.63) is 48.3 Å². The van der Waals surface area contributed by atoms with E-state index in [1.54, 1.807) is 36.5 Å². The maximum absolute atomic E-state index is 12.4. The number of amides is 2. The van der Waals surface area contributed by atoms with Crippen molar-refractivity contribution in [2.75, 3.05) is 23.9 Å². The Balaban J connectivity index is 1.76. The zero-order chi connectivity index (χ0) is 17.1. The van der Waals surface area contributed by atoms with Gasteiger partial charge in [0.15, 0.2) is 0 Å². The van der Waals surface area contributed by atoms with Gasteiger partial charge in [0.05, 0.1) is 30.6 Å². The van der Waals surface area contributed by atoms with Crippen molar-refractivity contribution in [1.29, 1.82) is 0 Å². The fourth-order valence-electron chi connectivity index (χ4n) is 2.81. The lowest BCUT2D eigenvalue weighted by Crippen LogP contribution is -2.28. The number of pyridine rings is 1. The highest BCUT2D eigenvalue weighted by molar-refractivity contribution is 6.04. The Morgan fingerprint density at radius 3 is 2.92 bits per heavy atom. The molecule has 0 aliphatic carbocycles. The molecule has 6 heteroatoms. The normalized spacial score (nSPS) is 17.0. The number of hydrogen-bond donors (Lipinski definition) is 1. The van der Waals surface area contributed by atoms with Crippen molar-refractivity contribution in [3.8, 4) is 5.75 Å². The molecule has 0 bridgehead atoms.